The van der Waals surface area contributed by atoms with Gasteiger partial charge in [-0.3, -0.25) is 9.82 Å². The number of aromatic amines is 1. The second-order valence-corrected chi connectivity index (χ2v) is 9.02. The number of sulfonamides is 1. The highest BCUT2D eigenvalue weighted by Gasteiger charge is 2.22. The lowest BCUT2D eigenvalue weighted by molar-refractivity contribution is 0.122. The Hall–Kier alpha value is -2.43. The molecule has 3 aromatic rings. The van der Waals surface area contributed by atoms with E-state index in [2.05, 4.69) is 19.8 Å². The first-order chi connectivity index (χ1) is 13.4. The summed E-state index contributed by atoms with van der Waals surface area (Å²) in [6, 6.07) is 7.22. The van der Waals surface area contributed by atoms with E-state index in [9.17, 15) is 8.42 Å². The van der Waals surface area contributed by atoms with Crippen LogP contribution in [0.3, 0.4) is 0 Å². The summed E-state index contributed by atoms with van der Waals surface area (Å²) in [6.45, 7) is 6.49. The van der Waals surface area contributed by atoms with Gasteiger partial charge in [0.1, 0.15) is 4.90 Å². The van der Waals surface area contributed by atoms with Gasteiger partial charge in [-0.1, -0.05) is 12.1 Å². The third kappa shape index (κ3) is 3.75. The quantitative estimate of drug-likeness (QED) is 0.660. The molecule has 0 unspecified atom stereocenters. The number of aryl methyl sites for hydroxylation is 2. The van der Waals surface area contributed by atoms with Gasteiger partial charge >= 0.3 is 0 Å². The molecule has 4 rings (SSSR count). The molecule has 148 valence electrons. The Bertz CT molecular complexity index is 1050. The van der Waals surface area contributed by atoms with E-state index >= 15 is 0 Å². The molecule has 1 saturated heterocycles. The highest BCUT2D eigenvalue weighted by atomic mass is 32.2. The number of rotatable bonds is 5. The lowest BCUT2D eigenvalue weighted by Crippen LogP contribution is -2.36. The number of benzene rings is 1. The van der Waals surface area contributed by atoms with Gasteiger partial charge in [-0.05, 0) is 26.0 Å². The maximum atomic E-state index is 12.6. The lowest BCUT2D eigenvalue weighted by atomic mass is 10.1. The van der Waals surface area contributed by atoms with Crippen LogP contribution in [0.2, 0.25) is 0 Å². The SMILES string of the molecule is Cc1n[nH]c(C)c1S(=O)(=O)Nc1ccc(-c2csc(N3CCOCC3)n2)cc1. The van der Waals surface area contributed by atoms with Crippen LogP contribution in [0.5, 0.6) is 0 Å². The van der Waals surface area contributed by atoms with Crippen molar-refractivity contribution < 1.29 is 13.2 Å². The van der Waals surface area contributed by atoms with Crippen molar-refractivity contribution in [2.24, 2.45) is 0 Å². The van der Waals surface area contributed by atoms with Crippen LogP contribution in [0.4, 0.5) is 10.8 Å². The number of thiazole rings is 1. The fourth-order valence-corrected chi connectivity index (χ4v) is 5.47. The first kappa shape index (κ1) is 18.9. The summed E-state index contributed by atoms with van der Waals surface area (Å²) in [4.78, 5) is 7.11. The van der Waals surface area contributed by atoms with Crippen LogP contribution < -0.4 is 9.62 Å². The molecule has 1 fully saturated rings. The molecule has 28 heavy (non-hydrogen) atoms. The topological polar surface area (TPSA) is 100 Å². The van der Waals surface area contributed by atoms with Gasteiger partial charge in [0.15, 0.2) is 5.13 Å². The van der Waals surface area contributed by atoms with Crippen molar-refractivity contribution in [3.8, 4) is 11.3 Å². The van der Waals surface area contributed by atoms with Gasteiger partial charge < -0.3 is 9.64 Å². The Balaban J connectivity index is 1.51. The Labute approximate surface area is 167 Å². The number of ether oxygens (including phenoxy) is 1. The molecule has 0 atom stereocenters. The molecule has 1 aliphatic rings. The van der Waals surface area contributed by atoms with E-state index in [1.807, 2.05) is 17.5 Å². The molecule has 10 heteroatoms. The second kappa shape index (κ2) is 7.53. The summed E-state index contributed by atoms with van der Waals surface area (Å²) >= 11 is 1.60. The molecule has 8 nitrogen and oxygen atoms in total. The minimum absolute atomic E-state index is 0.186. The summed E-state index contributed by atoms with van der Waals surface area (Å²) in [7, 11) is -3.70. The zero-order valence-corrected chi connectivity index (χ0v) is 17.2. The normalized spacial score (nSPS) is 15.0. The fraction of sp³-hybridized carbons (Fsp3) is 0.333. The summed E-state index contributed by atoms with van der Waals surface area (Å²) in [5.74, 6) is 0. The molecule has 2 aromatic heterocycles. The van der Waals surface area contributed by atoms with Crippen LogP contribution in [0, 0.1) is 13.8 Å². The van der Waals surface area contributed by atoms with Crippen LogP contribution in [0.1, 0.15) is 11.4 Å². The van der Waals surface area contributed by atoms with E-state index in [1.54, 1.807) is 37.3 Å². The molecule has 0 radical (unpaired) electrons. The van der Waals surface area contributed by atoms with Gasteiger partial charge in [0.25, 0.3) is 10.0 Å². The number of aromatic nitrogens is 3. The molecule has 0 aliphatic carbocycles. The number of H-pyrrole nitrogens is 1. The van der Waals surface area contributed by atoms with E-state index in [1.165, 1.54) is 0 Å². The molecule has 0 bridgehead atoms. The molecule has 2 N–H and O–H groups in total. The summed E-state index contributed by atoms with van der Waals surface area (Å²) < 4.78 is 33.3. The maximum Gasteiger partial charge on any atom is 0.265 e. The van der Waals surface area contributed by atoms with Crippen molar-refractivity contribution >= 4 is 32.2 Å². The van der Waals surface area contributed by atoms with Gasteiger partial charge in [0, 0.05) is 29.7 Å². The molecule has 1 aromatic carbocycles. The fourth-order valence-electron chi connectivity index (χ4n) is 3.15. The standard InChI is InChI=1S/C18H21N5O3S2/c1-12-17(13(2)21-20-12)28(24,25)22-15-5-3-14(4-6-15)16-11-27-18(19-16)23-7-9-26-10-8-23/h3-6,11,22H,7-10H2,1-2H3,(H,20,21). The van der Waals surface area contributed by atoms with Gasteiger partial charge in [-0.2, -0.15) is 5.10 Å². The molecule has 3 heterocycles. The van der Waals surface area contributed by atoms with Crippen molar-refractivity contribution in [1.82, 2.24) is 15.2 Å². The maximum absolute atomic E-state index is 12.6. The number of hydrogen-bond donors (Lipinski definition) is 2. The predicted molar refractivity (Wildman–Crippen MR) is 109 cm³/mol. The van der Waals surface area contributed by atoms with Gasteiger partial charge in [0.2, 0.25) is 0 Å². The van der Waals surface area contributed by atoms with E-state index in [4.69, 9.17) is 9.72 Å². The van der Waals surface area contributed by atoms with E-state index in [-0.39, 0.29) is 4.90 Å². The van der Waals surface area contributed by atoms with Crippen molar-refractivity contribution in [3.05, 3.63) is 41.0 Å². The Morgan fingerprint density at radius 1 is 1.18 bits per heavy atom. The summed E-state index contributed by atoms with van der Waals surface area (Å²) in [6.07, 6.45) is 0. The lowest BCUT2D eigenvalue weighted by Gasteiger charge is -2.26. The van der Waals surface area contributed by atoms with Crippen molar-refractivity contribution in [1.29, 1.82) is 0 Å². The number of anilines is 2. The van der Waals surface area contributed by atoms with Crippen LogP contribution in [-0.2, 0) is 14.8 Å². The Kier molecular flexibility index (Phi) is 5.09. The van der Waals surface area contributed by atoms with Crippen LogP contribution in [0.25, 0.3) is 11.3 Å². The molecule has 1 aliphatic heterocycles. The van der Waals surface area contributed by atoms with Gasteiger partial charge in [0.05, 0.1) is 30.3 Å². The van der Waals surface area contributed by atoms with Crippen molar-refractivity contribution in [2.75, 3.05) is 35.9 Å². The van der Waals surface area contributed by atoms with Crippen molar-refractivity contribution in [3.63, 3.8) is 0 Å². The molecule has 0 saturated carbocycles. The first-order valence-corrected chi connectivity index (χ1v) is 11.2. The Morgan fingerprint density at radius 3 is 2.54 bits per heavy atom. The largest absolute Gasteiger partial charge is 0.378 e. The minimum atomic E-state index is -3.70. The second-order valence-electron chi connectivity index (χ2n) is 6.56. The van der Waals surface area contributed by atoms with E-state index in [0.717, 1.165) is 42.7 Å². The van der Waals surface area contributed by atoms with Gasteiger partial charge in [-0.25, -0.2) is 13.4 Å². The average Bonchev–Trinajstić information content (AvgIpc) is 3.30. The predicted octanol–water partition coefficient (Wildman–Crippen LogP) is 2.79. The van der Waals surface area contributed by atoms with Gasteiger partial charge in [-0.15, -0.1) is 11.3 Å². The number of morpholine rings is 1. The molecule has 0 spiro atoms. The molecular weight excluding hydrogens is 398 g/mol. The number of hydrogen-bond acceptors (Lipinski definition) is 7. The summed E-state index contributed by atoms with van der Waals surface area (Å²) in [5.41, 5.74) is 3.27. The van der Waals surface area contributed by atoms with E-state index in [0.29, 0.717) is 17.1 Å². The zero-order valence-electron chi connectivity index (χ0n) is 15.6. The van der Waals surface area contributed by atoms with E-state index < -0.39 is 10.0 Å². The average molecular weight is 420 g/mol. The van der Waals surface area contributed by atoms with Crippen LogP contribution >= 0.6 is 11.3 Å². The monoisotopic (exact) mass is 419 g/mol. The van der Waals surface area contributed by atoms with Crippen LogP contribution in [0.15, 0.2) is 34.5 Å². The Morgan fingerprint density at radius 2 is 1.89 bits per heavy atom. The number of nitrogens with zero attached hydrogens (tertiary/aromatic N) is 3. The highest BCUT2D eigenvalue weighted by Crippen LogP contribution is 2.29. The van der Waals surface area contributed by atoms with Crippen LogP contribution in [-0.4, -0.2) is 49.9 Å². The smallest absolute Gasteiger partial charge is 0.265 e. The zero-order chi connectivity index (χ0) is 19.7. The summed E-state index contributed by atoms with van der Waals surface area (Å²) in [5, 5.41) is 9.65. The number of nitrogens with one attached hydrogen (secondary N) is 2. The van der Waals surface area contributed by atoms with Crippen molar-refractivity contribution in [2.45, 2.75) is 18.7 Å². The minimum Gasteiger partial charge on any atom is -0.378 e. The molecule has 0 amide bonds. The first-order valence-electron chi connectivity index (χ1n) is 8.87. The highest BCUT2D eigenvalue weighted by molar-refractivity contribution is 7.92. The third-order valence-corrected chi connectivity index (χ3v) is 7.08. The third-order valence-electron chi connectivity index (χ3n) is 4.54. The molecular formula is C18H21N5O3S2.